The van der Waals surface area contributed by atoms with Crippen LogP contribution in [0.5, 0.6) is 0 Å². The number of hydrogen-bond acceptors (Lipinski definition) is 2. The first-order valence-corrected chi connectivity index (χ1v) is 7.95. The molecule has 0 aliphatic carbocycles. The summed E-state index contributed by atoms with van der Waals surface area (Å²) in [7, 11) is 1.63. The van der Waals surface area contributed by atoms with Gasteiger partial charge in [0, 0.05) is 19.4 Å². The van der Waals surface area contributed by atoms with Crippen LogP contribution in [0.25, 0.3) is 0 Å². The van der Waals surface area contributed by atoms with Crippen molar-refractivity contribution < 1.29 is 9.59 Å². The van der Waals surface area contributed by atoms with Crippen molar-refractivity contribution >= 4 is 11.7 Å². The molecule has 3 heteroatoms. The maximum absolute atomic E-state index is 11.9. The topological polar surface area (TPSA) is 46.2 Å². The van der Waals surface area contributed by atoms with Crippen LogP contribution in [0.4, 0.5) is 0 Å². The number of Topliss-reactive ketones (excluding diaryl/α,β-unsaturated/α-hetero) is 1. The number of aryl methyl sites for hydroxylation is 1. The molecule has 1 rings (SSSR count). The summed E-state index contributed by atoms with van der Waals surface area (Å²) in [5.41, 5.74) is 3.78. The van der Waals surface area contributed by atoms with Gasteiger partial charge in [-0.3, -0.25) is 9.59 Å². The Hall–Kier alpha value is -1.64. The number of nitrogens with one attached hydrogen (secondary N) is 1. The van der Waals surface area contributed by atoms with Crippen LogP contribution in [-0.2, 0) is 21.4 Å². The van der Waals surface area contributed by atoms with Crippen molar-refractivity contribution in [1.82, 2.24) is 5.32 Å². The Morgan fingerprint density at radius 2 is 1.82 bits per heavy atom. The van der Waals surface area contributed by atoms with Gasteiger partial charge in [0.15, 0.2) is 0 Å². The zero-order valence-corrected chi connectivity index (χ0v) is 14.7. The molecule has 0 radical (unpaired) electrons. The predicted octanol–water partition coefficient (Wildman–Crippen LogP) is 3.57. The molecule has 1 atom stereocenters. The molecule has 22 heavy (non-hydrogen) atoms. The van der Waals surface area contributed by atoms with E-state index in [2.05, 4.69) is 51.2 Å². The van der Waals surface area contributed by atoms with Crippen LogP contribution < -0.4 is 5.32 Å². The lowest BCUT2D eigenvalue weighted by atomic mass is 9.83. The van der Waals surface area contributed by atoms with E-state index in [0.29, 0.717) is 19.3 Å². The lowest BCUT2D eigenvalue weighted by Gasteiger charge is -2.22. The molecule has 3 nitrogen and oxygen atoms in total. The molecule has 1 amide bonds. The maximum Gasteiger partial charge on any atom is 0.219 e. The predicted molar refractivity (Wildman–Crippen MR) is 91.1 cm³/mol. The lowest BCUT2D eigenvalue weighted by molar-refractivity contribution is -0.122. The normalized spacial score (nSPS) is 12.8. The molecule has 0 saturated carbocycles. The number of hydrogen-bond donors (Lipinski definition) is 1. The Kier molecular flexibility index (Phi) is 6.34. The lowest BCUT2D eigenvalue weighted by Crippen LogP contribution is -2.22. The van der Waals surface area contributed by atoms with Crippen LogP contribution in [0.2, 0.25) is 0 Å². The second kappa shape index (κ2) is 7.57. The highest BCUT2D eigenvalue weighted by Crippen LogP contribution is 2.26. The molecule has 0 fully saturated rings. The van der Waals surface area contributed by atoms with E-state index in [9.17, 15) is 9.59 Å². The quantitative estimate of drug-likeness (QED) is 0.873. The van der Waals surface area contributed by atoms with Crippen molar-refractivity contribution in [3.05, 3.63) is 34.9 Å². The summed E-state index contributed by atoms with van der Waals surface area (Å²) < 4.78 is 0. The summed E-state index contributed by atoms with van der Waals surface area (Å²) >= 11 is 0. The highest BCUT2D eigenvalue weighted by atomic mass is 16.1. The van der Waals surface area contributed by atoms with Crippen molar-refractivity contribution in [1.29, 1.82) is 0 Å². The van der Waals surface area contributed by atoms with E-state index >= 15 is 0 Å². The molecular weight excluding hydrogens is 274 g/mol. The van der Waals surface area contributed by atoms with Gasteiger partial charge in [-0.05, 0) is 43.2 Å². The molecular formula is C19H29NO2. The van der Waals surface area contributed by atoms with Gasteiger partial charge in [-0.2, -0.15) is 0 Å². The van der Waals surface area contributed by atoms with Crippen LogP contribution >= 0.6 is 0 Å². The fraction of sp³-hybridized carbons (Fsp3) is 0.579. The molecule has 0 spiro atoms. The zero-order valence-electron chi connectivity index (χ0n) is 14.7. The van der Waals surface area contributed by atoms with Gasteiger partial charge < -0.3 is 5.32 Å². The molecule has 0 aromatic heterocycles. The standard InChI is InChI=1S/C19H29NO2/c1-13-9-15(12-17(10-13)19(3,4)5)11-16(14(2)21)7-8-18(22)20-6/h9-10,12,16H,7-8,11H2,1-6H3,(H,20,22). The van der Waals surface area contributed by atoms with Gasteiger partial charge in [0.2, 0.25) is 5.91 Å². The second-order valence-corrected chi connectivity index (χ2v) is 7.18. The average Bonchev–Trinajstić information content (AvgIpc) is 2.41. The summed E-state index contributed by atoms with van der Waals surface area (Å²) in [6, 6.07) is 6.55. The summed E-state index contributed by atoms with van der Waals surface area (Å²) in [5, 5.41) is 2.61. The monoisotopic (exact) mass is 303 g/mol. The van der Waals surface area contributed by atoms with Gasteiger partial charge in [0.25, 0.3) is 0 Å². The molecule has 122 valence electrons. The number of rotatable bonds is 6. The average molecular weight is 303 g/mol. The Balaban J connectivity index is 2.92. The highest BCUT2D eigenvalue weighted by molar-refractivity contribution is 5.80. The zero-order chi connectivity index (χ0) is 16.9. The fourth-order valence-electron chi connectivity index (χ4n) is 2.58. The largest absolute Gasteiger partial charge is 0.359 e. The van der Waals surface area contributed by atoms with Crippen LogP contribution in [0, 0.1) is 12.8 Å². The number of amides is 1. The van der Waals surface area contributed by atoms with Gasteiger partial charge in [-0.1, -0.05) is 44.5 Å². The third kappa shape index (κ3) is 5.63. The van der Waals surface area contributed by atoms with Crippen LogP contribution in [0.3, 0.4) is 0 Å². The van der Waals surface area contributed by atoms with E-state index < -0.39 is 0 Å². The van der Waals surface area contributed by atoms with E-state index in [-0.39, 0.29) is 23.0 Å². The first kappa shape index (κ1) is 18.4. The van der Waals surface area contributed by atoms with Crippen molar-refractivity contribution in [2.45, 2.75) is 59.3 Å². The Morgan fingerprint density at radius 1 is 1.18 bits per heavy atom. The molecule has 0 saturated heterocycles. The van der Waals surface area contributed by atoms with Crippen molar-refractivity contribution in [2.75, 3.05) is 7.05 Å². The van der Waals surface area contributed by atoms with Crippen LogP contribution in [0.1, 0.15) is 57.2 Å². The molecule has 1 aromatic carbocycles. The van der Waals surface area contributed by atoms with Gasteiger partial charge in [0.05, 0.1) is 0 Å². The number of carbonyl (C=O) groups is 2. The van der Waals surface area contributed by atoms with Gasteiger partial charge >= 0.3 is 0 Å². The summed E-state index contributed by atoms with van der Waals surface area (Å²) in [6.45, 7) is 10.3. The minimum Gasteiger partial charge on any atom is -0.359 e. The van der Waals surface area contributed by atoms with Crippen molar-refractivity contribution in [3.63, 3.8) is 0 Å². The third-order valence-electron chi connectivity index (χ3n) is 4.06. The van der Waals surface area contributed by atoms with E-state index in [1.807, 2.05) is 0 Å². The van der Waals surface area contributed by atoms with Gasteiger partial charge in [0.1, 0.15) is 5.78 Å². The van der Waals surface area contributed by atoms with Gasteiger partial charge in [-0.25, -0.2) is 0 Å². The van der Waals surface area contributed by atoms with E-state index in [1.165, 1.54) is 16.7 Å². The maximum atomic E-state index is 11.9. The Labute approximate surface area is 134 Å². The molecule has 1 N–H and O–H groups in total. The minimum absolute atomic E-state index is 0.00845. The Bertz CT molecular complexity index is 541. The SMILES string of the molecule is CNC(=O)CCC(Cc1cc(C)cc(C(C)(C)C)c1)C(C)=O. The Morgan fingerprint density at radius 3 is 2.32 bits per heavy atom. The first-order chi connectivity index (χ1) is 10.1. The molecule has 0 aliphatic heterocycles. The second-order valence-electron chi connectivity index (χ2n) is 7.18. The number of benzene rings is 1. The minimum atomic E-state index is -0.0908. The smallest absolute Gasteiger partial charge is 0.219 e. The summed E-state index contributed by atoms with van der Waals surface area (Å²) in [6.07, 6.45) is 1.71. The summed E-state index contributed by atoms with van der Waals surface area (Å²) in [4.78, 5) is 23.3. The first-order valence-electron chi connectivity index (χ1n) is 7.95. The summed E-state index contributed by atoms with van der Waals surface area (Å²) in [5.74, 6) is 0.0560. The van der Waals surface area contributed by atoms with E-state index in [0.717, 1.165) is 0 Å². The molecule has 1 aromatic rings. The van der Waals surface area contributed by atoms with Crippen molar-refractivity contribution in [2.24, 2.45) is 5.92 Å². The molecule has 0 heterocycles. The third-order valence-corrected chi connectivity index (χ3v) is 4.06. The highest BCUT2D eigenvalue weighted by Gasteiger charge is 2.19. The van der Waals surface area contributed by atoms with Crippen LogP contribution in [-0.4, -0.2) is 18.7 Å². The fourth-order valence-corrected chi connectivity index (χ4v) is 2.58. The van der Waals surface area contributed by atoms with Gasteiger partial charge in [-0.15, -0.1) is 0 Å². The molecule has 1 unspecified atom stereocenters. The number of carbonyl (C=O) groups excluding carboxylic acids is 2. The molecule has 0 aliphatic rings. The van der Waals surface area contributed by atoms with Crippen LogP contribution in [0.15, 0.2) is 18.2 Å². The molecule has 0 bridgehead atoms. The number of ketones is 1. The van der Waals surface area contributed by atoms with E-state index in [4.69, 9.17) is 0 Å². The van der Waals surface area contributed by atoms with E-state index in [1.54, 1.807) is 14.0 Å². The van der Waals surface area contributed by atoms with Crippen molar-refractivity contribution in [3.8, 4) is 0 Å².